The molecule has 0 fully saturated rings. The quantitative estimate of drug-likeness (QED) is 0.710. The highest BCUT2D eigenvalue weighted by Gasteiger charge is 2.10. The zero-order chi connectivity index (χ0) is 14.3. The fourth-order valence-corrected chi connectivity index (χ4v) is 1.85. The number of nitrogens with two attached hydrogens (primary N) is 1. The molecule has 0 saturated heterocycles. The molecule has 106 valence electrons. The van der Waals surface area contributed by atoms with E-state index in [0.717, 1.165) is 16.8 Å². The number of ether oxygens (including phenoxy) is 1. The number of nitrogens with zero attached hydrogens (tertiary/aromatic N) is 1. The molecular formula is C14H23N3O2. The summed E-state index contributed by atoms with van der Waals surface area (Å²) in [5, 5.41) is 2.80. The zero-order valence-electron chi connectivity index (χ0n) is 11.9. The van der Waals surface area contributed by atoms with Gasteiger partial charge in [0.15, 0.2) is 0 Å². The van der Waals surface area contributed by atoms with Crippen LogP contribution >= 0.6 is 0 Å². The van der Waals surface area contributed by atoms with Gasteiger partial charge in [-0.15, -0.1) is 0 Å². The van der Waals surface area contributed by atoms with E-state index in [1.54, 1.807) is 7.11 Å². The van der Waals surface area contributed by atoms with E-state index in [0.29, 0.717) is 26.2 Å². The van der Waals surface area contributed by atoms with Crippen LogP contribution in [-0.2, 0) is 16.1 Å². The average Bonchev–Trinajstić information content (AvgIpc) is 2.39. The number of carbonyl (C=O) groups excluding carboxylic acids is 1. The minimum atomic E-state index is -0.0240. The predicted octanol–water partition coefficient (Wildman–Crippen LogP) is 0.653. The fourth-order valence-electron chi connectivity index (χ4n) is 1.85. The molecule has 1 amide bonds. The van der Waals surface area contributed by atoms with Crippen molar-refractivity contribution in [3.05, 3.63) is 29.3 Å². The molecule has 0 aliphatic heterocycles. The van der Waals surface area contributed by atoms with E-state index in [1.807, 2.05) is 37.1 Å². The highest BCUT2D eigenvalue weighted by Crippen LogP contribution is 2.20. The minimum Gasteiger partial charge on any atom is -0.383 e. The number of benzene rings is 1. The Kier molecular flexibility index (Phi) is 6.32. The summed E-state index contributed by atoms with van der Waals surface area (Å²) in [6, 6.07) is 6.08. The number of rotatable bonds is 7. The molecule has 0 radical (unpaired) electrons. The van der Waals surface area contributed by atoms with Crippen LogP contribution < -0.4 is 16.0 Å². The molecule has 0 bridgehead atoms. The van der Waals surface area contributed by atoms with Crippen molar-refractivity contribution in [2.24, 2.45) is 5.73 Å². The molecule has 0 aromatic heterocycles. The number of nitrogens with one attached hydrogen (secondary N) is 1. The Balaban J connectivity index is 2.64. The summed E-state index contributed by atoms with van der Waals surface area (Å²) in [7, 11) is 3.50. The van der Waals surface area contributed by atoms with Crippen molar-refractivity contribution in [2.75, 3.05) is 38.8 Å². The van der Waals surface area contributed by atoms with Crippen molar-refractivity contribution in [3.8, 4) is 0 Å². The third kappa shape index (κ3) is 4.89. The second kappa shape index (κ2) is 7.76. The Morgan fingerprint density at radius 3 is 2.84 bits per heavy atom. The Bertz CT molecular complexity index is 421. The number of likely N-dealkylation sites (N-methyl/N-ethyl adjacent to an activating group) is 1. The maximum Gasteiger partial charge on any atom is 0.239 e. The molecule has 1 rings (SSSR count). The van der Waals surface area contributed by atoms with Gasteiger partial charge in [0.2, 0.25) is 5.91 Å². The lowest BCUT2D eigenvalue weighted by Gasteiger charge is -2.22. The standard InChI is InChI=1S/C14H23N3O2/c1-11-4-5-12(9-15)13(8-11)17(2)10-14(18)16-6-7-19-3/h4-5,8H,6-7,9-10,15H2,1-3H3,(H,16,18). The van der Waals surface area contributed by atoms with Crippen LogP contribution in [0.3, 0.4) is 0 Å². The maximum absolute atomic E-state index is 11.7. The molecule has 1 aromatic rings. The van der Waals surface area contributed by atoms with Crippen molar-refractivity contribution < 1.29 is 9.53 Å². The highest BCUT2D eigenvalue weighted by atomic mass is 16.5. The first-order chi connectivity index (χ1) is 9.08. The van der Waals surface area contributed by atoms with Gasteiger partial charge in [-0.05, 0) is 24.1 Å². The summed E-state index contributed by atoms with van der Waals surface area (Å²) in [5.41, 5.74) is 8.92. The molecule has 3 N–H and O–H groups in total. The fraction of sp³-hybridized carbons (Fsp3) is 0.500. The van der Waals surface area contributed by atoms with E-state index in [-0.39, 0.29) is 5.91 Å². The van der Waals surface area contributed by atoms with E-state index in [2.05, 4.69) is 5.32 Å². The first-order valence-corrected chi connectivity index (χ1v) is 6.35. The Hall–Kier alpha value is -1.59. The van der Waals surface area contributed by atoms with Gasteiger partial charge in [0.05, 0.1) is 13.2 Å². The molecule has 0 heterocycles. The largest absolute Gasteiger partial charge is 0.383 e. The summed E-state index contributed by atoms with van der Waals surface area (Å²) >= 11 is 0. The Labute approximate surface area is 114 Å². The number of amides is 1. The molecule has 1 aromatic carbocycles. The number of hydrogen-bond acceptors (Lipinski definition) is 4. The van der Waals surface area contributed by atoms with Gasteiger partial charge in [0, 0.05) is 32.9 Å². The molecule has 0 atom stereocenters. The molecule has 5 nitrogen and oxygen atoms in total. The van der Waals surface area contributed by atoms with Gasteiger partial charge >= 0.3 is 0 Å². The van der Waals surface area contributed by atoms with Crippen LogP contribution in [0.25, 0.3) is 0 Å². The van der Waals surface area contributed by atoms with Crippen LogP contribution in [0.4, 0.5) is 5.69 Å². The second-order valence-electron chi connectivity index (χ2n) is 4.54. The van der Waals surface area contributed by atoms with Gasteiger partial charge in [-0.2, -0.15) is 0 Å². The average molecular weight is 265 g/mol. The van der Waals surface area contributed by atoms with E-state index in [1.165, 1.54) is 0 Å². The monoisotopic (exact) mass is 265 g/mol. The highest BCUT2D eigenvalue weighted by molar-refractivity contribution is 5.81. The van der Waals surface area contributed by atoms with Crippen molar-refractivity contribution in [1.29, 1.82) is 0 Å². The van der Waals surface area contributed by atoms with E-state index in [4.69, 9.17) is 10.5 Å². The summed E-state index contributed by atoms with van der Waals surface area (Å²) in [6.07, 6.45) is 0. The molecule has 19 heavy (non-hydrogen) atoms. The Morgan fingerprint density at radius 1 is 1.47 bits per heavy atom. The topological polar surface area (TPSA) is 67.6 Å². The van der Waals surface area contributed by atoms with Gasteiger partial charge in [0.1, 0.15) is 0 Å². The third-order valence-corrected chi connectivity index (χ3v) is 2.88. The summed E-state index contributed by atoms with van der Waals surface area (Å²) in [6.45, 7) is 3.84. The first kappa shape index (κ1) is 15.5. The molecule has 0 spiro atoms. The minimum absolute atomic E-state index is 0.0240. The molecular weight excluding hydrogens is 242 g/mol. The molecule has 5 heteroatoms. The third-order valence-electron chi connectivity index (χ3n) is 2.88. The lowest BCUT2D eigenvalue weighted by molar-refractivity contribution is -0.119. The number of hydrogen-bond donors (Lipinski definition) is 2. The van der Waals surface area contributed by atoms with E-state index >= 15 is 0 Å². The lowest BCUT2D eigenvalue weighted by atomic mass is 10.1. The van der Waals surface area contributed by atoms with Gasteiger partial charge in [-0.1, -0.05) is 12.1 Å². The maximum atomic E-state index is 11.7. The summed E-state index contributed by atoms with van der Waals surface area (Å²) < 4.78 is 4.89. The lowest BCUT2D eigenvalue weighted by Crippen LogP contribution is -2.37. The number of anilines is 1. The predicted molar refractivity (Wildman–Crippen MR) is 77.2 cm³/mol. The number of aryl methyl sites for hydroxylation is 1. The summed E-state index contributed by atoms with van der Waals surface area (Å²) in [4.78, 5) is 13.7. The van der Waals surface area contributed by atoms with Crippen LogP contribution in [0.15, 0.2) is 18.2 Å². The number of methoxy groups -OCH3 is 1. The molecule has 0 aliphatic rings. The SMILES string of the molecule is COCCNC(=O)CN(C)c1cc(C)ccc1CN. The van der Waals surface area contributed by atoms with E-state index in [9.17, 15) is 4.79 Å². The van der Waals surface area contributed by atoms with Gasteiger partial charge in [0.25, 0.3) is 0 Å². The van der Waals surface area contributed by atoms with Crippen molar-refractivity contribution in [3.63, 3.8) is 0 Å². The zero-order valence-corrected chi connectivity index (χ0v) is 11.9. The van der Waals surface area contributed by atoms with Gasteiger partial charge in [-0.3, -0.25) is 4.79 Å². The molecule has 0 aliphatic carbocycles. The Morgan fingerprint density at radius 2 is 2.21 bits per heavy atom. The van der Waals surface area contributed by atoms with E-state index < -0.39 is 0 Å². The van der Waals surface area contributed by atoms with Crippen molar-refractivity contribution in [2.45, 2.75) is 13.5 Å². The smallest absolute Gasteiger partial charge is 0.239 e. The van der Waals surface area contributed by atoms with Crippen LogP contribution in [0.2, 0.25) is 0 Å². The van der Waals surface area contributed by atoms with Crippen LogP contribution in [0.5, 0.6) is 0 Å². The van der Waals surface area contributed by atoms with Crippen LogP contribution in [-0.4, -0.2) is 39.8 Å². The van der Waals surface area contributed by atoms with Gasteiger partial charge in [-0.25, -0.2) is 0 Å². The van der Waals surface area contributed by atoms with Crippen molar-refractivity contribution in [1.82, 2.24) is 5.32 Å². The normalized spacial score (nSPS) is 10.3. The number of carbonyl (C=O) groups is 1. The van der Waals surface area contributed by atoms with Crippen LogP contribution in [0.1, 0.15) is 11.1 Å². The summed E-state index contributed by atoms with van der Waals surface area (Å²) in [5.74, 6) is -0.0240. The van der Waals surface area contributed by atoms with Gasteiger partial charge < -0.3 is 20.7 Å². The first-order valence-electron chi connectivity index (χ1n) is 6.35. The van der Waals surface area contributed by atoms with Crippen molar-refractivity contribution >= 4 is 11.6 Å². The molecule has 0 unspecified atom stereocenters. The second-order valence-corrected chi connectivity index (χ2v) is 4.54. The van der Waals surface area contributed by atoms with Crippen LogP contribution in [0, 0.1) is 6.92 Å². The molecule has 0 saturated carbocycles.